The fraction of sp³-hybridized carbons (Fsp3) is 0.350. The lowest BCUT2D eigenvalue weighted by atomic mass is 10.1. The number of carbonyl (C=O) groups is 2. The van der Waals surface area contributed by atoms with Crippen LogP contribution in [0.4, 0.5) is 5.69 Å². The summed E-state index contributed by atoms with van der Waals surface area (Å²) in [6.07, 6.45) is 3.62. The molecule has 1 saturated heterocycles. The molecule has 27 heavy (non-hydrogen) atoms. The fourth-order valence-corrected chi connectivity index (χ4v) is 3.38. The highest BCUT2D eigenvalue weighted by Gasteiger charge is 2.36. The monoisotopic (exact) mass is 367 g/mol. The van der Waals surface area contributed by atoms with Gasteiger partial charge in [-0.2, -0.15) is 0 Å². The zero-order chi connectivity index (χ0) is 18.8. The maximum absolute atomic E-state index is 12.6. The molecule has 2 aliphatic rings. The third kappa shape index (κ3) is 3.58. The Morgan fingerprint density at radius 3 is 2.85 bits per heavy atom. The number of amides is 2. The second kappa shape index (κ2) is 7.26. The molecule has 0 aliphatic carbocycles. The second-order valence-electron chi connectivity index (χ2n) is 6.75. The molecular weight excluding hydrogens is 346 g/mol. The highest BCUT2D eigenvalue weighted by molar-refractivity contribution is 6.00. The van der Waals surface area contributed by atoms with E-state index in [1.54, 1.807) is 29.4 Å². The minimum atomic E-state index is -0.384. The number of anilines is 1. The molecule has 0 spiro atoms. The Labute approximate surface area is 157 Å². The van der Waals surface area contributed by atoms with Crippen molar-refractivity contribution in [2.24, 2.45) is 5.92 Å². The SMILES string of the molecule is CC(NC(=O)C1CC(=O)N(c2ccc3c(c2)OCCO3)C1)c1cccnc1. The van der Waals surface area contributed by atoms with Crippen LogP contribution in [0.15, 0.2) is 42.7 Å². The maximum atomic E-state index is 12.6. The molecule has 7 heteroatoms. The van der Waals surface area contributed by atoms with Gasteiger partial charge in [-0.1, -0.05) is 6.07 Å². The van der Waals surface area contributed by atoms with Crippen molar-refractivity contribution in [3.63, 3.8) is 0 Å². The predicted octanol–water partition coefficient (Wildman–Crippen LogP) is 2.08. The zero-order valence-electron chi connectivity index (χ0n) is 15.1. The third-order valence-electron chi connectivity index (χ3n) is 4.88. The van der Waals surface area contributed by atoms with Gasteiger partial charge in [0.15, 0.2) is 11.5 Å². The van der Waals surface area contributed by atoms with Crippen molar-refractivity contribution >= 4 is 17.5 Å². The zero-order valence-corrected chi connectivity index (χ0v) is 15.1. The Bertz CT molecular complexity index is 856. The van der Waals surface area contributed by atoms with Crippen molar-refractivity contribution in [1.29, 1.82) is 0 Å². The van der Waals surface area contributed by atoms with Crippen LogP contribution in [0.1, 0.15) is 24.9 Å². The number of nitrogens with zero attached hydrogens (tertiary/aromatic N) is 2. The summed E-state index contributed by atoms with van der Waals surface area (Å²) in [6, 6.07) is 9.01. The minimum Gasteiger partial charge on any atom is -0.486 e. The van der Waals surface area contributed by atoms with E-state index in [9.17, 15) is 9.59 Å². The molecule has 4 rings (SSSR count). The molecule has 2 aliphatic heterocycles. The molecule has 0 bridgehead atoms. The van der Waals surface area contributed by atoms with Gasteiger partial charge in [-0.25, -0.2) is 0 Å². The lowest BCUT2D eigenvalue weighted by Gasteiger charge is -2.22. The van der Waals surface area contributed by atoms with E-state index in [4.69, 9.17) is 9.47 Å². The highest BCUT2D eigenvalue weighted by Crippen LogP contribution is 2.36. The quantitative estimate of drug-likeness (QED) is 0.895. The number of fused-ring (bicyclic) bond motifs is 1. The first-order chi connectivity index (χ1) is 13.1. The number of rotatable bonds is 4. The van der Waals surface area contributed by atoms with E-state index in [1.165, 1.54) is 0 Å². The van der Waals surface area contributed by atoms with E-state index in [1.807, 2.05) is 25.1 Å². The molecule has 1 aromatic carbocycles. The first kappa shape index (κ1) is 17.3. The lowest BCUT2D eigenvalue weighted by Crippen LogP contribution is -2.34. The highest BCUT2D eigenvalue weighted by atomic mass is 16.6. The molecule has 0 saturated carbocycles. The van der Waals surface area contributed by atoms with Crippen LogP contribution in [0.3, 0.4) is 0 Å². The van der Waals surface area contributed by atoms with Crippen LogP contribution in [0.2, 0.25) is 0 Å². The van der Waals surface area contributed by atoms with Crippen LogP contribution in [0.5, 0.6) is 11.5 Å². The van der Waals surface area contributed by atoms with Crippen LogP contribution in [0, 0.1) is 5.92 Å². The summed E-state index contributed by atoms with van der Waals surface area (Å²) in [7, 11) is 0. The Morgan fingerprint density at radius 1 is 1.26 bits per heavy atom. The number of hydrogen-bond donors (Lipinski definition) is 1. The van der Waals surface area contributed by atoms with E-state index in [-0.39, 0.29) is 30.2 Å². The average molecular weight is 367 g/mol. The summed E-state index contributed by atoms with van der Waals surface area (Å²) in [4.78, 5) is 30.8. The van der Waals surface area contributed by atoms with Gasteiger partial charge in [0.2, 0.25) is 11.8 Å². The Balaban J connectivity index is 1.43. The molecule has 2 atom stereocenters. The Hall–Kier alpha value is -3.09. The van der Waals surface area contributed by atoms with E-state index in [0.29, 0.717) is 31.3 Å². The van der Waals surface area contributed by atoms with Crippen LogP contribution in [0.25, 0.3) is 0 Å². The molecular formula is C20H21N3O4. The Morgan fingerprint density at radius 2 is 2.07 bits per heavy atom. The van der Waals surface area contributed by atoms with Crippen molar-refractivity contribution in [3.05, 3.63) is 48.3 Å². The molecule has 3 heterocycles. The van der Waals surface area contributed by atoms with Crippen molar-refractivity contribution in [1.82, 2.24) is 10.3 Å². The van der Waals surface area contributed by atoms with Gasteiger partial charge in [-0.3, -0.25) is 14.6 Å². The van der Waals surface area contributed by atoms with E-state index in [0.717, 1.165) is 11.3 Å². The maximum Gasteiger partial charge on any atom is 0.227 e. The van der Waals surface area contributed by atoms with Gasteiger partial charge in [-0.15, -0.1) is 0 Å². The van der Waals surface area contributed by atoms with E-state index >= 15 is 0 Å². The number of ether oxygens (including phenoxy) is 2. The molecule has 2 aromatic rings. The number of aromatic nitrogens is 1. The van der Waals surface area contributed by atoms with Gasteiger partial charge in [0, 0.05) is 37.1 Å². The van der Waals surface area contributed by atoms with Gasteiger partial charge >= 0.3 is 0 Å². The number of hydrogen-bond acceptors (Lipinski definition) is 5. The van der Waals surface area contributed by atoms with E-state index < -0.39 is 0 Å². The molecule has 1 N–H and O–H groups in total. The lowest BCUT2D eigenvalue weighted by molar-refractivity contribution is -0.126. The number of pyridine rings is 1. The summed E-state index contributed by atoms with van der Waals surface area (Å²) in [5.74, 6) is 0.728. The fourth-order valence-electron chi connectivity index (χ4n) is 3.38. The minimum absolute atomic E-state index is 0.0686. The summed E-state index contributed by atoms with van der Waals surface area (Å²) < 4.78 is 11.1. The van der Waals surface area contributed by atoms with Crippen LogP contribution in [-0.2, 0) is 9.59 Å². The molecule has 140 valence electrons. The van der Waals surface area contributed by atoms with Gasteiger partial charge in [0.1, 0.15) is 13.2 Å². The van der Waals surface area contributed by atoms with Gasteiger partial charge < -0.3 is 19.7 Å². The summed E-state index contributed by atoms with van der Waals surface area (Å²) in [5, 5.41) is 2.98. The number of benzene rings is 1. The molecule has 2 unspecified atom stereocenters. The van der Waals surface area contributed by atoms with Gasteiger partial charge in [0.25, 0.3) is 0 Å². The second-order valence-corrected chi connectivity index (χ2v) is 6.75. The third-order valence-corrected chi connectivity index (χ3v) is 4.88. The Kier molecular flexibility index (Phi) is 4.66. The van der Waals surface area contributed by atoms with Crippen molar-refractivity contribution < 1.29 is 19.1 Å². The number of nitrogens with one attached hydrogen (secondary N) is 1. The van der Waals surface area contributed by atoms with Crippen molar-refractivity contribution in [2.75, 3.05) is 24.7 Å². The first-order valence-electron chi connectivity index (χ1n) is 9.02. The molecule has 0 radical (unpaired) electrons. The molecule has 2 amide bonds. The van der Waals surface area contributed by atoms with Crippen molar-refractivity contribution in [3.8, 4) is 11.5 Å². The van der Waals surface area contributed by atoms with E-state index in [2.05, 4.69) is 10.3 Å². The summed E-state index contributed by atoms with van der Waals surface area (Å²) in [5.41, 5.74) is 1.65. The number of carbonyl (C=O) groups excluding carboxylic acids is 2. The first-order valence-corrected chi connectivity index (χ1v) is 9.02. The van der Waals surface area contributed by atoms with Crippen LogP contribution >= 0.6 is 0 Å². The van der Waals surface area contributed by atoms with Crippen molar-refractivity contribution in [2.45, 2.75) is 19.4 Å². The largest absolute Gasteiger partial charge is 0.486 e. The molecule has 1 fully saturated rings. The van der Waals surface area contributed by atoms with Gasteiger partial charge in [0.05, 0.1) is 12.0 Å². The van der Waals surface area contributed by atoms with Gasteiger partial charge in [-0.05, 0) is 30.7 Å². The summed E-state index contributed by atoms with van der Waals surface area (Å²) >= 11 is 0. The summed E-state index contributed by atoms with van der Waals surface area (Å²) in [6.45, 7) is 3.27. The smallest absolute Gasteiger partial charge is 0.227 e. The molecule has 1 aromatic heterocycles. The van der Waals surface area contributed by atoms with Crippen LogP contribution < -0.4 is 19.7 Å². The normalized spacial score (nSPS) is 19.7. The topological polar surface area (TPSA) is 80.8 Å². The predicted molar refractivity (Wildman–Crippen MR) is 98.7 cm³/mol. The average Bonchev–Trinajstić information content (AvgIpc) is 3.10. The standard InChI is InChI=1S/C20H21N3O4/c1-13(14-3-2-6-21-11-14)22-20(25)15-9-19(24)23(12-15)16-4-5-17-18(10-16)27-8-7-26-17/h2-6,10-11,13,15H,7-9,12H2,1H3,(H,22,25). The molecule has 7 nitrogen and oxygen atoms in total. The van der Waals surface area contributed by atoms with Crippen LogP contribution in [-0.4, -0.2) is 36.6 Å².